The van der Waals surface area contributed by atoms with Crippen molar-refractivity contribution in [3.05, 3.63) is 12.7 Å². The second-order valence-electron chi connectivity index (χ2n) is 3.13. The molecule has 0 aliphatic heterocycles. The van der Waals surface area contributed by atoms with E-state index in [1.807, 2.05) is 6.08 Å². The summed E-state index contributed by atoms with van der Waals surface area (Å²) in [5.41, 5.74) is 0. The van der Waals surface area contributed by atoms with E-state index >= 15 is 0 Å². The Morgan fingerprint density at radius 1 is 1.23 bits per heavy atom. The summed E-state index contributed by atoms with van der Waals surface area (Å²) < 4.78 is 5.70. The van der Waals surface area contributed by atoms with E-state index in [0.717, 1.165) is 13.0 Å². The molecule has 0 aromatic carbocycles. The van der Waals surface area contributed by atoms with Crippen LogP contribution in [0.1, 0.15) is 39.5 Å². The van der Waals surface area contributed by atoms with E-state index in [1.54, 1.807) is 0 Å². The highest BCUT2D eigenvalue weighted by atomic mass is 31.1. The third-order valence-corrected chi connectivity index (χ3v) is 4.23. The largest absolute Gasteiger partial charge is 0.360 e. The van der Waals surface area contributed by atoms with Crippen molar-refractivity contribution in [2.24, 2.45) is 0 Å². The van der Waals surface area contributed by atoms with Crippen LogP contribution in [0.3, 0.4) is 0 Å². The molecule has 0 aromatic rings. The van der Waals surface area contributed by atoms with Crippen molar-refractivity contribution in [3.63, 3.8) is 0 Å². The fraction of sp³-hybridized carbons (Fsp3) is 0.818. The Bertz CT molecular complexity index is 109. The van der Waals surface area contributed by atoms with Gasteiger partial charge in [-0.25, -0.2) is 0 Å². The topological polar surface area (TPSA) is 9.23 Å². The van der Waals surface area contributed by atoms with Crippen molar-refractivity contribution >= 4 is 8.15 Å². The van der Waals surface area contributed by atoms with Crippen molar-refractivity contribution in [1.82, 2.24) is 0 Å². The predicted octanol–water partition coefficient (Wildman–Crippen LogP) is 4.19. The van der Waals surface area contributed by atoms with Crippen LogP contribution < -0.4 is 0 Å². The van der Waals surface area contributed by atoms with Gasteiger partial charge in [0.25, 0.3) is 0 Å². The van der Waals surface area contributed by atoms with Crippen LogP contribution in [0.15, 0.2) is 12.7 Å². The molecule has 0 aliphatic carbocycles. The molecule has 1 atom stereocenters. The van der Waals surface area contributed by atoms with E-state index in [2.05, 4.69) is 20.4 Å². The van der Waals surface area contributed by atoms with E-state index in [1.165, 1.54) is 31.6 Å². The zero-order valence-corrected chi connectivity index (χ0v) is 9.98. The maximum absolute atomic E-state index is 5.70. The lowest BCUT2D eigenvalue weighted by atomic mass is 10.2. The molecule has 0 amide bonds. The summed E-state index contributed by atoms with van der Waals surface area (Å²) in [6, 6.07) is 0. The van der Waals surface area contributed by atoms with E-state index in [4.69, 9.17) is 4.52 Å². The van der Waals surface area contributed by atoms with Crippen molar-refractivity contribution in [3.8, 4) is 0 Å². The fourth-order valence-electron chi connectivity index (χ4n) is 1.25. The average molecular weight is 202 g/mol. The van der Waals surface area contributed by atoms with Gasteiger partial charge in [0, 0.05) is 14.8 Å². The summed E-state index contributed by atoms with van der Waals surface area (Å²) >= 11 is 0. The van der Waals surface area contributed by atoms with E-state index in [-0.39, 0.29) is 8.15 Å². The third kappa shape index (κ3) is 8.46. The minimum atomic E-state index is -0.112. The van der Waals surface area contributed by atoms with Gasteiger partial charge in [-0.15, -0.1) is 6.58 Å². The number of hydrogen-bond acceptors (Lipinski definition) is 1. The van der Waals surface area contributed by atoms with Gasteiger partial charge in [-0.3, -0.25) is 0 Å². The first kappa shape index (κ1) is 13.1. The normalized spacial score (nSPS) is 12.8. The van der Waals surface area contributed by atoms with Gasteiger partial charge in [0.15, 0.2) is 0 Å². The third-order valence-electron chi connectivity index (χ3n) is 1.85. The van der Waals surface area contributed by atoms with E-state index in [9.17, 15) is 0 Å². The van der Waals surface area contributed by atoms with Crippen LogP contribution >= 0.6 is 8.15 Å². The molecule has 0 aliphatic rings. The zero-order chi connectivity index (χ0) is 9.94. The van der Waals surface area contributed by atoms with Crippen LogP contribution in [0.2, 0.25) is 0 Å². The Morgan fingerprint density at radius 2 is 2.00 bits per heavy atom. The van der Waals surface area contributed by atoms with Crippen molar-refractivity contribution in [1.29, 1.82) is 0 Å². The van der Waals surface area contributed by atoms with E-state index < -0.39 is 0 Å². The number of hydrogen-bond donors (Lipinski definition) is 0. The molecule has 0 saturated carbocycles. The molecule has 0 N–H and O–H groups in total. The lowest BCUT2D eigenvalue weighted by Gasteiger charge is -2.15. The van der Waals surface area contributed by atoms with Gasteiger partial charge in [0.1, 0.15) is 0 Å². The van der Waals surface area contributed by atoms with Crippen molar-refractivity contribution in [2.45, 2.75) is 39.5 Å². The highest BCUT2D eigenvalue weighted by Gasteiger charge is 2.05. The number of allylic oxidation sites excluding steroid dienone is 1. The quantitative estimate of drug-likeness (QED) is 0.309. The van der Waals surface area contributed by atoms with Gasteiger partial charge in [-0.05, 0) is 38.5 Å². The Hall–Kier alpha value is 0.130. The maximum atomic E-state index is 5.70. The molecule has 1 unspecified atom stereocenters. The molecule has 0 spiro atoms. The molecule has 0 radical (unpaired) electrons. The summed E-state index contributed by atoms with van der Waals surface area (Å²) in [5, 5.41) is 0. The summed E-state index contributed by atoms with van der Waals surface area (Å²) in [4.78, 5) is 0. The van der Waals surface area contributed by atoms with E-state index in [0.29, 0.717) is 0 Å². The summed E-state index contributed by atoms with van der Waals surface area (Å²) in [6.07, 6.45) is 9.55. The minimum absolute atomic E-state index is 0.112. The van der Waals surface area contributed by atoms with Crippen LogP contribution in [-0.2, 0) is 4.52 Å². The highest BCUT2D eigenvalue weighted by Crippen LogP contribution is 2.38. The molecular formula is C11H23OP. The first-order chi connectivity index (χ1) is 6.35. The van der Waals surface area contributed by atoms with Gasteiger partial charge < -0.3 is 4.52 Å². The van der Waals surface area contributed by atoms with Gasteiger partial charge in [0.05, 0.1) is 0 Å². The fourth-order valence-corrected chi connectivity index (χ4v) is 3.17. The first-order valence-electron chi connectivity index (χ1n) is 5.33. The van der Waals surface area contributed by atoms with Crippen LogP contribution in [0, 0.1) is 0 Å². The van der Waals surface area contributed by atoms with Gasteiger partial charge in [-0.2, -0.15) is 0 Å². The summed E-state index contributed by atoms with van der Waals surface area (Å²) in [7, 11) is -0.112. The Balaban J connectivity index is 3.37. The van der Waals surface area contributed by atoms with Gasteiger partial charge in [0.2, 0.25) is 0 Å². The molecule has 0 fully saturated rings. The average Bonchev–Trinajstić information content (AvgIpc) is 2.13. The Kier molecular flexibility index (Phi) is 10.3. The molecule has 13 heavy (non-hydrogen) atoms. The lowest BCUT2D eigenvalue weighted by molar-refractivity contribution is 0.376. The number of unbranched alkanes of at least 4 members (excludes halogenated alkanes) is 2. The lowest BCUT2D eigenvalue weighted by Crippen LogP contribution is -1.94. The molecule has 78 valence electrons. The standard InChI is InChI=1S/C11H23OP/c1-4-7-8-9-11-13(10-5-2)12-6-3/h4H,1,5-11H2,2-3H3. The highest BCUT2D eigenvalue weighted by molar-refractivity contribution is 7.52. The van der Waals surface area contributed by atoms with Crippen LogP contribution in [0.5, 0.6) is 0 Å². The second-order valence-corrected chi connectivity index (χ2v) is 5.25. The molecule has 0 aromatic heterocycles. The van der Waals surface area contributed by atoms with Gasteiger partial charge >= 0.3 is 0 Å². The summed E-state index contributed by atoms with van der Waals surface area (Å²) in [5.74, 6) is 0. The molecule has 0 saturated heterocycles. The molecule has 0 heterocycles. The molecule has 1 nitrogen and oxygen atoms in total. The zero-order valence-electron chi connectivity index (χ0n) is 9.09. The molecule has 2 heteroatoms. The molecule has 0 bridgehead atoms. The second kappa shape index (κ2) is 10.2. The molecule has 0 rings (SSSR count). The first-order valence-corrected chi connectivity index (χ1v) is 6.96. The summed E-state index contributed by atoms with van der Waals surface area (Å²) in [6.45, 7) is 8.93. The van der Waals surface area contributed by atoms with Crippen molar-refractivity contribution < 1.29 is 4.52 Å². The maximum Gasteiger partial charge on any atom is 0.0480 e. The predicted molar refractivity (Wildman–Crippen MR) is 62.6 cm³/mol. The monoisotopic (exact) mass is 202 g/mol. The molecular weight excluding hydrogens is 179 g/mol. The minimum Gasteiger partial charge on any atom is -0.360 e. The Labute approximate surface area is 84.4 Å². The van der Waals surface area contributed by atoms with Crippen LogP contribution in [-0.4, -0.2) is 18.9 Å². The van der Waals surface area contributed by atoms with Crippen LogP contribution in [0.4, 0.5) is 0 Å². The smallest absolute Gasteiger partial charge is 0.0480 e. The van der Waals surface area contributed by atoms with Crippen molar-refractivity contribution in [2.75, 3.05) is 18.9 Å². The number of rotatable bonds is 9. The Morgan fingerprint density at radius 3 is 2.54 bits per heavy atom. The van der Waals surface area contributed by atoms with Gasteiger partial charge in [-0.1, -0.05) is 19.4 Å². The van der Waals surface area contributed by atoms with Crippen LogP contribution in [0.25, 0.3) is 0 Å². The SMILES string of the molecule is C=CCCCCP(CCC)OCC.